The number of aromatic nitrogens is 6. The number of nitrogens with zero attached hydrogens (tertiary/aromatic N) is 3. The fraction of sp³-hybridized carbons (Fsp3) is 0.304. The average Bonchev–Trinajstić information content (AvgIpc) is 3.62. The Morgan fingerprint density at radius 1 is 1.11 bits per heavy atom. The van der Waals surface area contributed by atoms with Crippen molar-refractivity contribution in [1.82, 2.24) is 40.1 Å². The number of nitrogens with one attached hydrogen (secondary N) is 5. The van der Waals surface area contributed by atoms with Crippen LogP contribution in [-0.4, -0.2) is 54.4 Å². The van der Waals surface area contributed by atoms with Gasteiger partial charge >= 0.3 is 0 Å². The molecule has 5 rings (SSSR count). The van der Waals surface area contributed by atoms with Crippen LogP contribution in [0.25, 0.3) is 0 Å². The number of halogens is 2. The first-order valence-corrected chi connectivity index (χ1v) is 13.1. The van der Waals surface area contributed by atoms with Gasteiger partial charge in [-0.05, 0) is 62.2 Å². The van der Waals surface area contributed by atoms with Gasteiger partial charge in [0.1, 0.15) is 11.4 Å². The zero-order chi connectivity index (χ0) is 26.3. The highest BCUT2D eigenvalue weighted by molar-refractivity contribution is 9.10. The maximum absolute atomic E-state index is 13.1. The Bertz CT molecular complexity index is 1450. The van der Waals surface area contributed by atoms with E-state index in [0.717, 1.165) is 26.0 Å². The summed E-state index contributed by atoms with van der Waals surface area (Å²) in [5.41, 5.74) is 15.3. The molecule has 2 amide bonds. The van der Waals surface area contributed by atoms with E-state index in [4.69, 9.17) is 11.5 Å². The fourth-order valence-electron chi connectivity index (χ4n) is 5.01. The molecular weight excluding hydrogens is 608 g/mol. The number of carbonyl (C=O) groups excluding carboxylic acids is 2. The maximum atomic E-state index is 13.1. The zero-order valence-electron chi connectivity index (χ0n) is 19.8. The van der Waals surface area contributed by atoms with E-state index in [0.29, 0.717) is 36.8 Å². The Morgan fingerprint density at radius 2 is 1.89 bits per heavy atom. The number of aromatic amines is 3. The standard InChI is InChI=1S/C23H26Br2N10O2/c1-35-9-12(25)4-17(35)21(37)30-7-13-10(5-29-20(36)15-3-11(24)6-28-15)2-14-19(34-23(27)32-14)18(13)16-8-31-22(26)33-16/h3-4,6,8-10,13,18,28H,2,5,7H2,1H3,(H,29,36)(H,30,37)(H3,26,31,33)(H3,27,32,34)/t10-,13-,18-/m1/s1. The van der Waals surface area contributed by atoms with Crippen LogP contribution in [-0.2, 0) is 13.5 Å². The predicted molar refractivity (Wildman–Crippen MR) is 145 cm³/mol. The topological polar surface area (TPSA) is 188 Å². The van der Waals surface area contributed by atoms with Crippen molar-refractivity contribution in [2.45, 2.75) is 12.3 Å². The normalized spacial score (nSPS) is 18.9. The van der Waals surface area contributed by atoms with Crippen LogP contribution in [0.5, 0.6) is 0 Å². The van der Waals surface area contributed by atoms with E-state index in [1.807, 2.05) is 13.2 Å². The number of amides is 2. The summed E-state index contributed by atoms with van der Waals surface area (Å²) in [6, 6.07) is 3.48. The average molecular weight is 634 g/mol. The molecule has 4 aromatic heterocycles. The van der Waals surface area contributed by atoms with E-state index in [1.165, 1.54) is 0 Å². The molecule has 9 N–H and O–H groups in total. The Hall–Kier alpha value is -3.52. The number of fused-ring (bicyclic) bond motifs is 1. The number of carbonyl (C=O) groups is 2. The highest BCUT2D eigenvalue weighted by atomic mass is 79.9. The van der Waals surface area contributed by atoms with E-state index < -0.39 is 0 Å². The smallest absolute Gasteiger partial charge is 0.267 e. The monoisotopic (exact) mass is 632 g/mol. The molecule has 1 aliphatic carbocycles. The predicted octanol–water partition coefficient (Wildman–Crippen LogP) is 2.27. The molecule has 1 aliphatic rings. The third-order valence-electron chi connectivity index (χ3n) is 6.69. The molecule has 0 saturated heterocycles. The number of aryl methyl sites for hydroxylation is 1. The third kappa shape index (κ3) is 5.16. The van der Waals surface area contributed by atoms with Gasteiger partial charge in [-0.2, -0.15) is 0 Å². The molecule has 4 aromatic rings. The molecule has 0 radical (unpaired) electrons. The van der Waals surface area contributed by atoms with Crippen LogP contribution in [0.4, 0.5) is 11.9 Å². The van der Waals surface area contributed by atoms with Crippen molar-refractivity contribution < 1.29 is 9.59 Å². The van der Waals surface area contributed by atoms with Gasteiger partial charge < -0.3 is 41.6 Å². The lowest BCUT2D eigenvalue weighted by atomic mass is 9.71. The summed E-state index contributed by atoms with van der Waals surface area (Å²) in [6.45, 7) is 0.691. The van der Waals surface area contributed by atoms with Gasteiger partial charge in [0, 0.05) is 58.8 Å². The minimum absolute atomic E-state index is 0.0651. The third-order valence-corrected chi connectivity index (χ3v) is 7.59. The first-order chi connectivity index (χ1) is 17.7. The van der Waals surface area contributed by atoms with Crippen LogP contribution < -0.4 is 22.1 Å². The number of H-pyrrole nitrogens is 3. The summed E-state index contributed by atoms with van der Waals surface area (Å²) in [7, 11) is 1.81. The van der Waals surface area contributed by atoms with Crippen LogP contribution in [0.15, 0.2) is 39.7 Å². The van der Waals surface area contributed by atoms with Gasteiger partial charge in [-0.1, -0.05) is 0 Å². The number of hydrogen-bond acceptors (Lipinski definition) is 6. The van der Waals surface area contributed by atoms with E-state index in [-0.39, 0.29) is 35.5 Å². The summed E-state index contributed by atoms with van der Waals surface area (Å²) in [5, 5.41) is 6.11. The molecule has 14 heteroatoms. The van der Waals surface area contributed by atoms with Gasteiger partial charge in [0.15, 0.2) is 11.9 Å². The van der Waals surface area contributed by atoms with Crippen molar-refractivity contribution in [3.63, 3.8) is 0 Å². The molecule has 12 nitrogen and oxygen atoms in total. The Morgan fingerprint density at radius 3 is 2.54 bits per heavy atom. The van der Waals surface area contributed by atoms with Crippen molar-refractivity contribution in [2.75, 3.05) is 24.6 Å². The first-order valence-electron chi connectivity index (χ1n) is 11.6. The molecule has 0 fully saturated rings. The minimum Gasteiger partial charge on any atom is -0.369 e. The number of rotatable bonds is 7. The van der Waals surface area contributed by atoms with E-state index in [9.17, 15) is 9.59 Å². The first kappa shape index (κ1) is 25.1. The number of hydrogen-bond donors (Lipinski definition) is 7. The maximum Gasteiger partial charge on any atom is 0.267 e. The van der Waals surface area contributed by atoms with E-state index >= 15 is 0 Å². The number of anilines is 2. The van der Waals surface area contributed by atoms with Gasteiger partial charge in [-0.15, -0.1) is 0 Å². The number of nitrogens with two attached hydrogens (primary N) is 2. The molecule has 3 atom stereocenters. The molecule has 0 spiro atoms. The zero-order valence-corrected chi connectivity index (χ0v) is 23.0. The lowest BCUT2D eigenvalue weighted by Gasteiger charge is -2.37. The second-order valence-electron chi connectivity index (χ2n) is 9.12. The lowest BCUT2D eigenvalue weighted by molar-refractivity contribution is 0.0904. The molecule has 0 saturated carbocycles. The minimum atomic E-state index is -0.288. The van der Waals surface area contributed by atoms with Crippen LogP contribution in [0.1, 0.15) is 44.0 Å². The van der Waals surface area contributed by atoms with Crippen molar-refractivity contribution in [3.05, 3.63) is 68.1 Å². The second-order valence-corrected chi connectivity index (χ2v) is 11.0. The van der Waals surface area contributed by atoms with E-state index in [2.05, 4.69) is 67.4 Å². The highest BCUT2D eigenvalue weighted by Crippen LogP contribution is 2.42. The Kier molecular flexibility index (Phi) is 6.86. The van der Waals surface area contributed by atoms with Gasteiger partial charge in [0.25, 0.3) is 11.8 Å². The molecule has 0 aliphatic heterocycles. The molecule has 194 valence electrons. The van der Waals surface area contributed by atoms with Crippen molar-refractivity contribution in [1.29, 1.82) is 0 Å². The van der Waals surface area contributed by atoms with Crippen molar-refractivity contribution in [2.24, 2.45) is 18.9 Å². The molecule has 0 unspecified atom stereocenters. The molecular formula is C23H26Br2N10O2. The second kappa shape index (κ2) is 10.1. The summed E-state index contributed by atoms with van der Waals surface area (Å²) in [4.78, 5) is 43.8. The Labute approximate surface area is 228 Å². The van der Waals surface area contributed by atoms with E-state index in [1.54, 1.807) is 29.1 Å². The number of imidazole rings is 2. The summed E-state index contributed by atoms with van der Waals surface area (Å²) in [6.07, 6.45) is 5.79. The molecule has 37 heavy (non-hydrogen) atoms. The van der Waals surface area contributed by atoms with Crippen LogP contribution in [0.3, 0.4) is 0 Å². The van der Waals surface area contributed by atoms with Crippen LogP contribution >= 0.6 is 31.9 Å². The quantitative estimate of drug-likeness (QED) is 0.163. The lowest BCUT2D eigenvalue weighted by Crippen LogP contribution is -2.44. The summed E-state index contributed by atoms with van der Waals surface area (Å²) >= 11 is 6.77. The van der Waals surface area contributed by atoms with Gasteiger partial charge in [0.05, 0.1) is 11.9 Å². The molecule has 0 bridgehead atoms. The van der Waals surface area contributed by atoms with Crippen molar-refractivity contribution >= 4 is 55.6 Å². The highest BCUT2D eigenvalue weighted by Gasteiger charge is 2.41. The SMILES string of the molecule is Cn1cc(Br)cc1C(=O)NC[C@@H]1[C@@H](CNC(=O)c2cc(Br)c[nH]2)Cc2[nH]c(N)nc2[C@H]1c1cnc(N)[nH]1. The fourth-order valence-corrected chi connectivity index (χ4v) is 5.88. The largest absolute Gasteiger partial charge is 0.369 e. The van der Waals surface area contributed by atoms with Crippen molar-refractivity contribution in [3.8, 4) is 0 Å². The Balaban J connectivity index is 1.44. The van der Waals surface area contributed by atoms with Crippen LogP contribution in [0.2, 0.25) is 0 Å². The number of nitrogen functional groups attached to an aromatic ring is 2. The van der Waals surface area contributed by atoms with Gasteiger partial charge in [-0.25, -0.2) is 9.97 Å². The summed E-state index contributed by atoms with van der Waals surface area (Å²) < 4.78 is 3.36. The molecule has 0 aromatic carbocycles. The molecule has 4 heterocycles. The van der Waals surface area contributed by atoms with Gasteiger partial charge in [0.2, 0.25) is 0 Å². The van der Waals surface area contributed by atoms with Crippen LogP contribution in [0, 0.1) is 11.8 Å². The van der Waals surface area contributed by atoms with Gasteiger partial charge in [-0.3, -0.25) is 9.59 Å². The summed E-state index contributed by atoms with van der Waals surface area (Å²) in [5.74, 6) is -0.349.